The van der Waals surface area contributed by atoms with E-state index < -0.39 is 0 Å². The predicted molar refractivity (Wildman–Crippen MR) is 125 cm³/mol. The fourth-order valence-corrected chi connectivity index (χ4v) is 4.87. The number of carbonyl (C=O) groups is 1. The van der Waals surface area contributed by atoms with Gasteiger partial charge in [-0.3, -0.25) is 4.79 Å². The van der Waals surface area contributed by atoms with Crippen LogP contribution in [0, 0.1) is 20.8 Å². The fraction of sp³-hybridized carbons (Fsp3) is 0.480. The Morgan fingerprint density at radius 1 is 0.967 bits per heavy atom. The van der Waals surface area contributed by atoms with E-state index in [1.807, 2.05) is 11.0 Å². The molecule has 30 heavy (non-hydrogen) atoms. The van der Waals surface area contributed by atoms with Crippen LogP contribution in [0.1, 0.15) is 39.9 Å². The van der Waals surface area contributed by atoms with Gasteiger partial charge >= 0.3 is 0 Å². The molecule has 160 valence electrons. The molecule has 2 aliphatic heterocycles. The van der Waals surface area contributed by atoms with Gasteiger partial charge in [0, 0.05) is 49.2 Å². The van der Waals surface area contributed by atoms with Crippen LogP contribution in [0.2, 0.25) is 0 Å². The quantitative estimate of drug-likeness (QED) is 0.812. The van der Waals surface area contributed by atoms with Crippen LogP contribution in [0.25, 0.3) is 0 Å². The Balaban J connectivity index is 1.50. The number of hydrogen-bond acceptors (Lipinski definition) is 4. The molecule has 2 aliphatic rings. The first kappa shape index (κ1) is 20.7. The van der Waals surface area contributed by atoms with Gasteiger partial charge in [0.15, 0.2) is 0 Å². The van der Waals surface area contributed by atoms with E-state index in [2.05, 4.69) is 66.6 Å². The van der Waals surface area contributed by atoms with E-state index in [0.29, 0.717) is 6.04 Å². The van der Waals surface area contributed by atoms with Gasteiger partial charge in [0.25, 0.3) is 5.91 Å². The van der Waals surface area contributed by atoms with Crippen LogP contribution in [0.5, 0.6) is 0 Å². The highest BCUT2D eigenvalue weighted by atomic mass is 16.2. The molecule has 5 nitrogen and oxygen atoms in total. The second-order valence-corrected chi connectivity index (χ2v) is 8.67. The molecule has 4 rings (SSSR count). The molecule has 2 heterocycles. The molecule has 5 heteroatoms. The van der Waals surface area contributed by atoms with Crippen molar-refractivity contribution in [3.05, 3.63) is 58.7 Å². The summed E-state index contributed by atoms with van der Waals surface area (Å²) in [4.78, 5) is 17.9. The van der Waals surface area contributed by atoms with E-state index in [9.17, 15) is 4.79 Å². The van der Waals surface area contributed by atoms with Crippen LogP contribution in [0.15, 0.2) is 36.4 Å². The monoisotopic (exact) mass is 406 g/mol. The Kier molecular flexibility index (Phi) is 6.28. The largest absolute Gasteiger partial charge is 0.382 e. The maximum absolute atomic E-state index is 13.5. The van der Waals surface area contributed by atoms with E-state index in [-0.39, 0.29) is 5.91 Å². The zero-order chi connectivity index (χ0) is 21.1. The van der Waals surface area contributed by atoms with Crippen molar-refractivity contribution in [2.45, 2.75) is 39.7 Å². The van der Waals surface area contributed by atoms with Crippen molar-refractivity contribution >= 4 is 17.3 Å². The van der Waals surface area contributed by atoms with Crippen LogP contribution in [-0.2, 0) is 0 Å². The molecule has 0 bridgehead atoms. The second kappa shape index (κ2) is 9.09. The maximum Gasteiger partial charge on any atom is 0.254 e. The zero-order valence-corrected chi connectivity index (χ0v) is 18.5. The average Bonchev–Trinajstić information content (AvgIpc) is 2.78. The number of carbonyl (C=O) groups excluding carboxylic acids is 1. The number of anilines is 2. The number of amides is 1. The summed E-state index contributed by atoms with van der Waals surface area (Å²) in [7, 11) is 0. The molecular weight excluding hydrogens is 372 g/mol. The number of hydrogen-bond donors (Lipinski definition) is 2. The van der Waals surface area contributed by atoms with Crippen molar-refractivity contribution in [2.24, 2.45) is 0 Å². The third-order valence-corrected chi connectivity index (χ3v) is 6.56. The van der Waals surface area contributed by atoms with Crippen molar-refractivity contribution in [2.75, 3.05) is 49.5 Å². The minimum absolute atomic E-state index is 0.172. The summed E-state index contributed by atoms with van der Waals surface area (Å²) in [6, 6.07) is 13.1. The van der Waals surface area contributed by atoms with Crippen molar-refractivity contribution in [3.63, 3.8) is 0 Å². The molecule has 2 aromatic rings. The molecule has 0 unspecified atom stereocenters. The fourth-order valence-electron chi connectivity index (χ4n) is 4.87. The standard InChI is InChI=1S/C25H34N4O/c1-18-17-19(2)24(27-21-9-11-26-12-10-21)20(3)23(18)25(30)29-15-13-28(14-16-29)22-7-5-4-6-8-22/h4-8,17,21,26-27H,9-16H2,1-3H3. The Labute approximate surface area is 180 Å². The lowest BCUT2D eigenvalue weighted by Gasteiger charge is -2.37. The second-order valence-electron chi connectivity index (χ2n) is 8.67. The molecule has 0 spiro atoms. The van der Waals surface area contributed by atoms with Crippen molar-refractivity contribution in [1.29, 1.82) is 0 Å². The Morgan fingerprint density at radius 2 is 1.63 bits per heavy atom. The molecule has 2 aromatic carbocycles. The lowest BCUT2D eigenvalue weighted by atomic mass is 9.94. The van der Waals surface area contributed by atoms with Crippen LogP contribution in [-0.4, -0.2) is 56.1 Å². The van der Waals surface area contributed by atoms with Crippen molar-refractivity contribution < 1.29 is 4.79 Å². The maximum atomic E-state index is 13.5. The first-order valence-electron chi connectivity index (χ1n) is 11.2. The lowest BCUT2D eigenvalue weighted by molar-refractivity contribution is 0.0745. The highest BCUT2D eigenvalue weighted by Crippen LogP contribution is 2.30. The van der Waals surface area contributed by atoms with Crippen LogP contribution in [0.4, 0.5) is 11.4 Å². The van der Waals surface area contributed by atoms with Gasteiger partial charge in [0.05, 0.1) is 0 Å². The molecule has 0 radical (unpaired) electrons. The predicted octanol–water partition coefficient (Wildman–Crippen LogP) is 3.74. The van der Waals surface area contributed by atoms with Gasteiger partial charge in [-0.25, -0.2) is 0 Å². The Hall–Kier alpha value is -2.53. The van der Waals surface area contributed by atoms with E-state index in [1.54, 1.807) is 0 Å². The van der Waals surface area contributed by atoms with Crippen molar-refractivity contribution in [1.82, 2.24) is 10.2 Å². The van der Waals surface area contributed by atoms with E-state index in [4.69, 9.17) is 0 Å². The third-order valence-electron chi connectivity index (χ3n) is 6.56. The van der Waals surface area contributed by atoms with Crippen LogP contribution < -0.4 is 15.5 Å². The summed E-state index contributed by atoms with van der Waals surface area (Å²) in [5.74, 6) is 0.172. The van der Waals surface area contributed by atoms with Gasteiger partial charge in [-0.1, -0.05) is 24.3 Å². The van der Waals surface area contributed by atoms with E-state index in [1.165, 1.54) is 11.3 Å². The number of aryl methyl sites for hydroxylation is 2. The highest BCUT2D eigenvalue weighted by Gasteiger charge is 2.26. The molecule has 0 aliphatic carbocycles. The average molecular weight is 407 g/mol. The normalized spacial score (nSPS) is 17.8. The molecule has 0 atom stereocenters. The number of rotatable bonds is 4. The first-order chi connectivity index (χ1) is 14.5. The number of piperazine rings is 1. The molecule has 2 fully saturated rings. The number of benzene rings is 2. The SMILES string of the molecule is Cc1cc(C)c(C(=O)N2CCN(c3ccccc3)CC2)c(C)c1NC1CCNCC1. The van der Waals surface area contributed by atoms with Crippen molar-refractivity contribution in [3.8, 4) is 0 Å². The van der Waals surface area contributed by atoms with Gasteiger partial charge in [-0.2, -0.15) is 0 Å². The summed E-state index contributed by atoms with van der Waals surface area (Å²) in [5, 5.41) is 7.17. The van der Waals surface area contributed by atoms with E-state index >= 15 is 0 Å². The summed E-state index contributed by atoms with van der Waals surface area (Å²) in [5.41, 5.74) is 6.68. The number of para-hydroxylation sites is 1. The van der Waals surface area contributed by atoms with Gasteiger partial charge in [-0.15, -0.1) is 0 Å². The molecule has 0 aromatic heterocycles. The van der Waals surface area contributed by atoms with Gasteiger partial charge in [0.2, 0.25) is 0 Å². The van der Waals surface area contributed by atoms with Gasteiger partial charge < -0.3 is 20.4 Å². The minimum atomic E-state index is 0.172. The minimum Gasteiger partial charge on any atom is -0.382 e. The molecular formula is C25H34N4O. The number of nitrogens with zero attached hydrogens (tertiary/aromatic N) is 2. The van der Waals surface area contributed by atoms with Gasteiger partial charge in [-0.05, 0) is 75.5 Å². The summed E-state index contributed by atoms with van der Waals surface area (Å²) >= 11 is 0. The lowest BCUT2D eigenvalue weighted by Crippen LogP contribution is -2.49. The van der Waals surface area contributed by atoms with Crippen LogP contribution in [0.3, 0.4) is 0 Å². The first-order valence-corrected chi connectivity index (χ1v) is 11.2. The third kappa shape index (κ3) is 4.31. The Morgan fingerprint density at radius 3 is 2.30 bits per heavy atom. The number of piperidine rings is 1. The summed E-state index contributed by atoms with van der Waals surface area (Å²) in [6.07, 6.45) is 2.25. The zero-order valence-electron chi connectivity index (χ0n) is 18.5. The molecule has 2 saturated heterocycles. The van der Waals surface area contributed by atoms with Gasteiger partial charge in [0.1, 0.15) is 0 Å². The molecule has 1 amide bonds. The molecule has 2 N–H and O–H groups in total. The summed E-state index contributed by atoms with van der Waals surface area (Å²) < 4.78 is 0. The summed E-state index contributed by atoms with van der Waals surface area (Å²) in [6.45, 7) is 11.7. The smallest absolute Gasteiger partial charge is 0.254 e. The Bertz CT molecular complexity index is 882. The number of nitrogens with one attached hydrogen (secondary N) is 2. The van der Waals surface area contributed by atoms with E-state index in [0.717, 1.165) is 74.5 Å². The van der Waals surface area contributed by atoms with Crippen LogP contribution >= 0.6 is 0 Å². The highest BCUT2D eigenvalue weighted by molar-refractivity contribution is 5.99. The molecule has 0 saturated carbocycles. The topological polar surface area (TPSA) is 47.6 Å².